The summed E-state index contributed by atoms with van der Waals surface area (Å²) in [6.07, 6.45) is 6.84. The standard InChI is InChI=1S/C11H24N4OS/c1-16-8-4-7-13-11(15-12)14-9-5-3-6-10(9)17-2/h9-10H,3-8,12H2,1-2H3,(H2,13,14,15). The Labute approximate surface area is 108 Å². The molecule has 0 aliphatic heterocycles. The summed E-state index contributed by atoms with van der Waals surface area (Å²) in [6.45, 7) is 1.47. The van der Waals surface area contributed by atoms with Crippen molar-refractivity contribution in [1.82, 2.24) is 10.7 Å². The van der Waals surface area contributed by atoms with Crippen LogP contribution in [0.2, 0.25) is 0 Å². The lowest BCUT2D eigenvalue weighted by atomic mass is 10.2. The van der Waals surface area contributed by atoms with E-state index in [-0.39, 0.29) is 0 Å². The second kappa shape index (κ2) is 8.60. The van der Waals surface area contributed by atoms with E-state index in [0.717, 1.165) is 19.6 Å². The topological polar surface area (TPSA) is 71.7 Å². The third-order valence-electron chi connectivity index (χ3n) is 2.99. The molecule has 1 saturated carbocycles. The highest BCUT2D eigenvalue weighted by Crippen LogP contribution is 2.28. The summed E-state index contributed by atoms with van der Waals surface area (Å²) in [6, 6.07) is 0.488. The molecule has 1 aliphatic carbocycles. The monoisotopic (exact) mass is 260 g/mol. The number of methoxy groups -OCH3 is 1. The van der Waals surface area contributed by atoms with Crippen LogP contribution >= 0.6 is 11.8 Å². The maximum absolute atomic E-state index is 5.47. The highest BCUT2D eigenvalue weighted by Gasteiger charge is 2.26. The quantitative estimate of drug-likeness (QED) is 0.216. The van der Waals surface area contributed by atoms with Crippen LogP contribution < -0.4 is 16.6 Å². The summed E-state index contributed by atoms with van der Waals surface area (Å²) >= 11 is 1.92. The largest absolute Gasteiger partial charge is 0.385 e. The average molecular weight is 260 g/mol. The molecular formula is C11H24N4OS. The van der Waals surface area contributed by atoms with Crippen LogP contribution in [-0.4, -0.2) is 43.8 Å². The number of hydrogen-bond donors (Lipinski definition) is 3. The zero-order valence-corrected chi connectivity index (χ0v) is 11.6. The predicted octanol–water partition coefficient (Wildman–Crippen LogP) is 0.716. The minimum absolute atomic E-state index is 0.488. The number of thioether (sulfide) groups is 1. The molecule has 0 aromatic carbocycles. The van der Waals surface area contributed by atoms with Gasteiger partial charge >= 0.3 is 0 Å². The minimum Gasteiger partial charge on any atom is -0.385 e. The molecule has 2 atom stereocenters. The van der Waals surface area contributed by atoms with Gasteiger partial charge in [-0.05, 0) is 25.5 Å². The fraction of sp³-hybridized carbons (Fsp3) is 0.909. The smallest absolute Gasteiger partial charge is 0.205 e. The minimum atomic E-state index is 0.488. The maximum atomic E-state index is 5.47. The number of ether oxygens (including phenoxy) is 1. The number of guanidine groups is 1. The number of nitrogens with one attached hydrogen (secondary N) is 2. The van der Waals surface area contributed by atoms with Crippen LogP contribution in [-0.2, 0) is 4.74 Å². The van der Waals surface area contributed by atoms with Gasteiger partial charge in [-0.2, -0.15) is 11.8 Å². The van der Waals surface area contributed by atoms with E-state index in [4.69, 9.17) is 10.6 Å². The van der Waals surface area contributed by atoms with Gasteiger partial charge in [0.15, 0.2) is 0 Å². The van der Waals surface area contributed by atoms with E-state index < -0.39 is 0 Å². The Hall–Kier alpha value is -0.460. The molecule has 1 rings (SSSR count). The van der Waals surface area contributed by atoms with Gasteiger partial charge in [0.05, 0.1) is 0 Å². The van der Waals surface area contributed by atoms with Crippen molar-refractivity contribution in [3.8, 4) is 0 Å². The first-order valence-corrected chi connectivity index (χ1v) is 7.40. The van der Waals surface area contributed by atoms with Crippen LogP contribution in [0, 0.1) is 0 Å². The first kappa shape index (κ1) is 14.6. The van der Waals surface area contributed by atoms with Crippen LogP contribution in [0.3, 0.4) is 0 Å². The van der Waals surface area contributed by atoms with Crippen molar-refractivity contribution in [3.63, 3.8) is 0 Å². The molecule has 6 heteroatoms. The summed E-state index contributed by atoms with van der Waals surface area (Å²) in [4.78, 5) is 4.39. The van der Waals surface area contributed by atoms with Crippen molar-refractivity contribution in [2.45, 2.75) is 37.0 Å². The molecule has 1 aliphatic rings. The van der Waals surface area contributed by atoms with Gasteiger partial charge in [-0.3, -0.25) is 10.4 Å². The SMILES string of the molecule is COCCCN=C(NN)NC1CCCC1SC. The van der Waals surface area contributed by atoms with Crippen LogP contribution in [0.1, 0.15) is 25.7 Å². The van der Waals surface area contributed by atoms with E-state index in [9.17, 15) is 0 Å². The van der Waals surface area contributed by atoms with Crippen LogP contribution in [0.4, 0.5) is 0 Å². The summed E-state index contributed by atoms with van der Waals surface area (Å²) in [5.41, 5.74) is 2.64. The molecule has 0 amide bonds. The molecule has 0 saturated heterocycles. The third kappa shape index (κ3) is 5.14. The summed E-state index contributed by atoms with van der Waals surface area (Å²) in [7, 11) is 1.70. The van der Waals surface area contributed by atoms with Gasteiger partial charge in [0.25, 0.3) is 0 Å². The second-order valence-corrected chi connectivity index (χ2v) is 5.25. The van der Waals surface area contributed by atoms with Gasteiger partial charge in [-0.1, -0.05) is 6.42 Å². The molecule has 0 aromatic heterocycles. The lowest BCUT2D eigenvalue weighted by Gasteiger charge is -2.21. The second-order valence-electron chi connectivity index (χ2n) is 4.18. The molecule has 5 nitrogen and oxygen atoms in total. The van der Waals surface area contributed by atoms with Gasteiger partial charge in [-0.15, -0.1) is 0 Å². The van der Waals surface area contributed by atoms with Crippen LogP contribution in [0.25, 0.3) is 0 Å². The number of aliphatic imine (C=N–C) groups is 1. The molecule has 4 N–H and O–H groups in total. The van der Waals surface area contributed by atoms with Crippen molar-refractivity contribution in [1.29, 1.82) is 0 Å². The maximum Gasteiger partial charge on any atom is 0.205 e. The van der Waals surface area contributed by atoms with Crippen molar-refractivity contribution in [2.75, 3.05) is 26.5 Å². The number of nitrogens with zero attached hydrogens (tertiary/aromatic N) is 1. The van der Waals surface area contributed by atoms with Crippen molar-refractivity contribution in [2.24, 2.45) is 10.8 Å². The van der Waals surface area contributed by atoms with Gasteiger partial charge in [-0.25, -0.2) is 5.84 Å². The molecule has 0 bridgehead atoms. The Kier molecular flexibility index (Phi) is 7.39. The molecule has 17 heavy (non-hydrogen) atoms. The first-order chi connectivity index (χ1) is 8.31. The molecule has 100 valence electrons. The Balaban J connectivity index is 2.34. The molecule has 0 heterocycles. The summed E-state index contributed by atoms with van der Waals surface area (Å²) in [5, 5.41) is 4.07. The van der Waals surface area contributed by atoms with Gasteiger partial charge in [0.2, 0.25) is 5.96 Å². The van der Waals surface area contributed by atoms with E-state index in [1.807, 2.05) is 11.8 Å². The first-order valence-electron chi connectivity index (χ1n) is 6.11. The Morgan fingerprint density at radius 1 is 1.53 bits per heavy atom. The van der Waals surface area contributed by atoms with E-state index in [1.165, 1.54) is 19.3 Å². The number of hydrogen-bond acceptors (Lipinski definition) is 4. The van der Waals surface area contributed by atoms with Crippen LogP contribution in [0.5, 0.6) is 0 Å². The van der Waals surface area contributed by atoms with E-state index in [0.29, 0.717) is 17.3 Å². The zero-order chi connectivity index (χ0) is 12.5. The van der Waals surface area contributed by atoms with Crippen LogP contribution in [0.15, 0.2) is 4.99 Å². The lowest BCUT2D eigenvalue weighted by Crippen LogP contribution is -2.48. The highest BCUT2D eigenvalue weighted by molar-refractivity contribution is 7.99. The number of rotatable bonds is 6. The predicted molar refractivity (Wildman–Crippen MR) is 74.2 cm³/mol. The average Bonchev–Trinajstić information content (AvgIpc) is 2.80. The summed E-state index contributed by atoms with van der Waals surface area (Å²) < 4.78 is 4.98. The van der Waals surface area contributed by atoms with E-state index in [1.54, 1.807) is 7.11 Å². The van der Waals surface area contributed by atoms with E-state index >= 15 is 0 Å². The van der Waals surface area contributed by atoms with Gasteiger partial charge in [0, 0.05) is 31.6 Å². The Morgan fingerprint density at radius 2 is 2.35 bits per heavy atom. The number of hydrazine groups is 1. The van der Waals surface area contributed by atoms with Crippen molar-refractivity contribution in [3.05, 3.63) is 0 Å². The summed E-state index contributed by atoms with van der Waals surface area (Å²) in [5.74, 6) is 6.17. The van der Waals surface area contributed by atoms with E-state index in [2.05, 4.69) is 22.0 Å². The molecule has 0 radical (unpaired) electrons. The lowest BCUT2D eigenvalue weighted by molar-refractivity contribution is 0.197. The fourth-order valence-electron chi connectivity index (χ4n) is 2.08. The molecule has 1 fully saturated rings. The Bertz CT molecular complexity index is 238. The zero-order valence-electron chi connectivity index (χ0n) is 10.7. The highest BCUT2D eigenvalue weighted by atomic mass is 32.2. The molecule has 0 aromatic rings. The Morgan fingerprint density at radius 3 is 3.00 bits per heavy atom. The molecule has 2 unspecified atom stereocenters. The number of nitrogens with two attached hydrogens (primary N) is 1. The van der Waals surface area contributed by atoms with Crippen molar-refractivity contribution < 1.29 is 4.74 Å². The van der Waals surface area contributed by atoms with Gasteiger partial charge in [0.1, 0.15) is 0 Å². The normalized spacial score (nSPS) is 25.0. The fourth-order valence-corrected chi connectivity index (χ4v) is 3.02. The molecule has 0 spiro atoms. The van der Waals surface area contributed by atoms with Crippen molar-refractivity contribution >= 4 is 17.7 Å². The molecular weight excluding hydrogens is 236 g/mol. The third-order valence-corrected chi connectivity index (χ3v) is 4.16. The van der Waals surface area contributed by atoms with Gasteiger partial charge < -0.3 is 10.1 Å².